The lowest BCUT2D eigenvalue weighted by atomic mass is 10.0. The summed E-state index contributed by atoms with van der Waals surface area (Å²) in [4.78, 5) is 25.2. The molecule has 0 bridgehead atoms. The molecule has 1 aromatic heterocycles. The van der Waals surface area contributed by atoms with E-state index in [2.05, 4.69) is 28.2 Å². The maximum atomic E-state index is 12.6. The van der Waals surface area contributed by atoms with Crippen LogP contribution in [0, 0.1) is 0 Å². The average molecular weight is 530 g/mol. The zero-order valence-electron chi connectivity index (χ0n) is 18.7. The number of hydrogen-bond donors (Lipinski definition) is 1. The van der Waals surface area contributed by atoms with Gasteiger partial charge < -0.3 is 19.5 Å². The smallest absolute Gasteiger partial charge is 0.341 e. The molecule has 0 aliphatic carbocycles. The number of ether oxygens (including phenoxy) is 3. The first kappa shape index (κ1) is 24.5. The number of nitrogens with one attached hydrogen (secondary N) is 1. The number of anilines is 1. The summed E-state index contributed by atoms with van der Waals surface area (Å²) < 4.78 is 16.3. The van der Waals surface area contributed by atoms with Crippen molar-refractivity contribution in [2.45, 2.75) is 13.3 Å². The van der Waals surface area contributed by atoms with Crippen LogP contribution in [0.2, 0.25) is 0 Å². The van der Waals surface area contributed by atoms with Crippen LogP contribution < -0.4 is 14.8 Å². The fourth-order valence-electron chi connectivity index (χ4n) is 3.25. The van der Waals surface area contributed by atoms with E-state index in [1.807, 2.05) is 35.7 Å². The molecule has 3 rings (SSSR count). The van der Waals surface area contributed by atoms with Crippen molar-refractivity contribution in [3.63, 3.8) is 0 Å². The van der Waals surface area contributed by atoms with E-state index in [0.717, 1.165) is 23.1 Å². The zero-order chi connectivity index (χ0) is 24.0. The Morgan fingerprint density at radius 2 is 1.82 bits per heavy atom. The number of thiophene rings is 1. The van der Waals surface area contributed by atoms with Gasteiger partial charge in [-0.25, -0.2) is 4.79 Å². The van der Waals surface area contributed by atoms with E-state index in [-0.39, 0.29) is 5.91 Å². The Hall–Kier alpha value is -3.10. The van der Waals surface area contributed by atoms with Crippen LogP contribution in [-0.2, 0) is 16.0 Å². The van der Waals surface area contributed by atoms with Crippen molar-refractivity contribution in [2.75, 3.05) is 26.6 Å². The third kappa shape index (κ3) is 5.64. The second-order valence-corrected chi connectivity index (χ2v) is 8.69. The van der Waals surface area contributed by atoms with Crippen molar-refractivity contribution in [2.24, 2.45) is 0 Å². The lowest BCUT2D eigenvalue weighted by Gasteiger charge is -2.10. The highest BCUT2D eigenvalue weighted by molar-refractivity contribution is 9.10. The van der Waals surface area contributed by atoms with Gasteiger partial charge in [0.25, 0.3) is 0 Å². The summed E-state index contributed by atoms with van der Waals surface area (Å²) >= 11 is 4.72. The van der Waals surface area contributed by atoms with Gasteiger partial charge in [-0.3, -0.25) is 4.79 Å². The van der Waals surface area contributed by atoms with Crippen molar-refractivity contribution in [3.05, 3.63) is 69.0 Å². The molecular formula is C25H24BrNO5S. The van der Waals surface area contributed by atoms with Crippen molar-refractivity contribution in [3.8, 4) is 22.6 Å². The number of hydrogen-bond acceptors (Lipinski definition) is 6. The van der Waals surface area contributed by atoms with Crippen LogP contribution in [0.5, 0.6) is 11.5 Å². The molecule has 8 heteroatoms. The Morgan fingerprint density at radius 3 is 2.42 bits per heavy atom. The van der Waals surface area contributed by atoms with E-state index in [4.69, 9.17) is 14.2 Å². The molecule has 33 heavy (non-hydrogen) atoms. The normalized spacial score (nSPS) is 10.8. The number of rotatable bonds is 8. The molecule has 0 radical (unpaired) electrons. The van der Waals surface area contributed by atoms with E-state index in [0.29, 0.717) is 26.5 Å². The molecule has 0 unspecified atom stereocenters. The standard InChI is InChI=1S/C25H24BrNO5S/c1-5-15-6-9-17(10-7-15)18-14-33-24(22(18)25(29)32-4)27-21(28)11-8-16-12-19(26)23(31-3)20(13-16)30-2/h6-14H,5H2,1-4H3,(H,27,28)/b11-8+. The first-order valence-corrected chi connectivity index (χ1v) is 11.8. The SMILES string of the molecule is CCc1ccc(-c2csc(NC(=O)/C=C/c3cc(Br)c(OC)c(OC)c3)c2C(=O)OC)cc1. The third-order valence-corrected chi connectivity index (χ3v) is 6.46. The summed E-state index contributed by atoms with van der Waals surface area (Å²) in [6.07, 6.45) is 3.97. The molecule has 1 amide bonds. The molecular weight excluding hydrogens is 506 g/mol. The molecule has 0 aliphatic rings. The molecule has 0 saturated heterocycles. The third-order valence-electron chi connectivity index (χ3n) is 4.97. The Balaban J connectivity index is 1.85. The first-order valence-electron chi connectivity index (χ1n) is 10.1. The Kier molecular flexibility index (Phi) is 8.30. The molecule has 0 atom stereocenters. The fourth-order valence-corrected chi connectivity index (χ4v) is 4.83. The lowest BCUT2D eigenvalue weighted by molar-refractivity contribution is -0.111. The second kappa shape index (κ2) is 11.2. The van der Waals surface area contributed by atoms with Gasteiger partial charge >= 0.3 is 5.97 Å². The van der Waals surface area contributed by atoms with Crippen LogP contribution >= 0.6 is 27.3 Å². The van der Waals surface area contributed by atoms with Gasteiger partial charge in [0.05, 0.1) is 25.8 Å². The molecule has 0 aliphatic heterocycles. The molecule has 1 N–H and O–H groups in total. The van der Waals surface area contributed by atoms with Gasteiger partial charge in [0.1, 0.15) is 10.6 Å². The van der Waals surface area contributed by atoms with Gasteiger partial charge in [-0.15, -0.1) is 11.3 Å². The molecule has 0 fully saturated rings. The number of halogens is 1. The highest BCUT2D eigenvalue weighted by Gasteiger charge is 2.22. The zero-order valence-corrected chi connectivity index (χ0v) is 21.1. The van der Waals surface area contributed by atoms with E-state index in [1.54, 1.807) is 26.4 Å². The minimum absolute atomic E-state index is 0.336. The van der Waals surface area contributed by atoms with Crippen LogP contribution in [0.25, 0.3) is 17.2 Å². The number of benzene rings is 2. The summed E-state index contributed by atoms with van der Waals surface area (Å²) in [6.45, 7) is 2.08. The summed E-state index contributed by atoms with van der Waals surface area (Å²) in [5.74, 6) is 0.228. The monoisotopic (exact) mass is 529 g/mol. The maximum Gasteiger partial charge on any atom is 0.341 e. The van der Waals surface area contributed by atoms with E-state index in [1.165, 1.54) is 30.1 Å². The Labute approximate surface area is 205 Å². The largest absolute Gasteiger partial charge is 0.493 e. The highest BCUT2D eigenvalue weighted by Crippen LogP contribution is 2.37. The molecule has 3 aromatic rings. The van der Waals surface area contributed by atoms with Crippen molar-refractivity contribution >= 4 is 50.2 Å². The number of methoxy groups -OCH3 is 3. The lowest BCUT2D eigenvalue weighted by Crippen LogP contribution is -2.11. The van der Waals surface area contributed by atoms with E-state index >= 15 is 0 Å². The topological polar surface area (TPSA) is 73.9 Å². The van der Waals surface area contributed by atoms with Crippen molar-refractivity contribution in [1.29, 1.82) is 0 Å². The number of carbonyl (C=O) groups excluding carboxylic acids is 2. The minimum atomic E-state index is -0.506. The summed E-state index contributed by atoms with van der Waals surface area (Å²) in [5, 5.41) is 5.07. The summed E-state index contributed by atoms with van der Waals surface area (Å²) in [6, 6.07) is 11.6. The van der Waals surface area contributed by atoms with E-state index < -0.39 is 5.97 Å². The minimum Gasteiger partial charge on any atom is -0.493 e. The molecule has 2 aromatic carbocycles. The van der Waals surface area contributed by atoms with E-state index in [9.17, 15) is 9.59 Å². The summed E-state index contributed by atoms with van der Waals surface area (Å²) in [5.41, 5.74) is 3.88. The maximum absolute atomic E-state index is 12.6. The van der Waals surface area contributed by atoms with Crippen LogP contribution in [0.3, 0.4) is 0 Å². The number of esters is 1. The van der Waals surface area contributed by atoms with Crippen LogP contribution in [-0.4, -0.2) is 33.2 Å². The second-order valence-electron chi connectivity index (χ2n) is 6.96. The summed E-state index contributed by atoms with van der Waals surface area (Å²) in [7, 11) is 4.42. The molecule has 6 nitrogen and oxygen atoms in total. The number of aryl methyl sites for hydroxylation is 1. The van der Waals surface area contributed by atoms with Gasteiger partial charge in [0, 0.05) is 17.0 Å². The van der Waals surface area contributed by atoms with Gasteiger partial charge in [-0.1, -0.05) is 31.2 Å². The molecule has 172 valence electrons. The van der Waals surface area contributed by atoms with Crippen LogP contribution in [0.4, 0.5) is 5.00 Å². The van der Waals surface area contributed by atoms with Gasteiger partial charge in [-0.05, 0) is 57.2 Å². The fraction of sp³-hybridized carbons (Fsp3) is 0.200. The average Bonchev–Trinajstić information content (AvgIpc) is 3.25. The Bertz CT molecular complexity index is 1180. The molecule has 0 saturated carbocycles. The van der Waals surface area contributed by atoms with Crippen molar-refractivity contribution in [1.82, 2.24) is 0 Å². The Morgan fingerprint density at radius 1 is 1.09 bits per heavy atom. The number of amides is 1. The quantitative estimate of drug-likeness (QED) is 0.278. The van der Waals surface area contributed by atoms with Crippen LogP contribution in [0.1, 0.15) is 28.4 Å². The highest BCUT2D eigenvalue weighted by atomic mass is 79.9. The predicted octanol–water partition coefficient (Wildman–Crippen LogP) is 6.20. The van der Waals surface area contributed by atoms with Crippen molar-refractivity contribution < 1.29 is 23.8 Å². The van der Waals surface area contributed by atoms with Crippen LogP contribution in [0.15, 0.2) is 52.3 Å². The first-order chi connectivity index (χ1) is 15.9. The molecule has 0 spiro atoms. The molecule has 1 heterocycles. The number of carbonyl (C=O) groups is 2. The van der Waals surface area contributed by atoms with Gasteiger partial charge in [-0.2, -0.15) is 0 Å². The van der Waals surface area contributed by atoms with Gasteiger partial charge in [0.2, 0.25) is 5.91 Å². The van der Waals surface area contributed by atoms with Gasteiger partial charge in [0.15, 0.2) is 11.5 Å². The predicted molar refractivity (Wildman–Crippen MR) is 135 cm³/mol.